The Bertz CT molecular complexity index is 352. The highest BCUT2D eigenvalue weighted by Crippen LogP contribution is 2.26. The van der Waals surface area contributed by atoms with Gasteiger partial charge in [0.05, 0.1) is 13.0 Å². The number of carbonyl (C=O) groups excluding carboxylic acids is 2. The Kier molecular flexibility index (Phi) is 6.43. The van der Waals surface area contributed by atoms with Crippen LogP contribution < -0.4 is 0 Å². The molecule has 0 N–H and O–H groups in total. The zero-order valence-electron chi connectivity index (χ0n) is 10.7. The molecule has 1 heterocycles. The van der Waals surface area contributed by atoms with Crippen molar-refractivity contribution in [2.24, 2.45) is 0 Å². The summed E-state index contributed by atoms with van der Waals surface area (Å²) in [5.74, 6) is -0.625. The van der Waals surface area contributed by atoms with Crippen LogP contribution in [-0.2, 0) is 19.1 Å². The van der Waals surface area contributed by atoms with E-state index in [-0.39, 0.29) is 18.4 Å². The van der Waals surface area contributed by atoms with E-state index in [1.54, 1.807) is 6.92 Å². The van der Waals surface area contributed by atoms with Gasteiger partial charge in [0.15, 0.2) is 0 Å². The first-order chi connectivity index (χ1) is 8.67. The monoisotopic (exact) mass is 270 g/mol. The molecule has 4 nitrogen and oxygen atoms in total. The van der Waals surface area contributed by atoms with Gasteiger partial charge in [-0.05, 0) is 24.8 Å². The van der Waals surface area contributed by atoms with E-state index in [9.17, 15) is 9.59 Å². The minimum atomic E-state index is -0.525. The van der Waals surface area contributed by atoms with Gasteiger partial charge >= 0.3 is 11.9 Å². The van der Waals surface area contributed by atoms with Crippen molar-refractivity contribution < 1.29 is 19.1 Å². The van der Waals surface area contributed by atoms with Crippen LogP contribution in [0, 0.1) is 0 Å². The Morgan fingerprint density at radius 3 is 2.67 bits per heavy atom. The third-order valence-electron chi connectivity index (χ3n) is 2.25. The van der Waals surface area contributed by atoms with Crippen LogP contribution in [0.3, 0.4) is 0 Å². The largest absolute Gasteiger partial charge is 0.466 e. The van der Waals surface area contributed by atoms with Crippen molar-refractivity contribution in [1.29, 1.82) is 0 Å². The van der Waals surface area contributed by atoms with Gasteiger partial charge in [-0.1, -0.05) is 13.0 Å². The molecule has 0 radical (unpaired) electrons. The number of esters is 2. The van der Waals surface area contributed by atoms with Crippen molar-refractivity contribution in [2.45, 2.75) is 39.2 Å². The highest BCUT2D eigenvalue weighted by atomic mass is 32.1. The lowest BCUT2D eigenvalue weighted by Gasteiger charge is -2.15. The molecule has 0 saturated carbocycles. The van der Waals surface area contributed by atoms with E-state index >= 15 is 0 Å². The van der Waals surface area contributed by atoms with Crippen LogP contribution >= 0.6 is 11.3 Å². The minimum Gasteiger partial charge on any atom is -0.466 e. The van der Waals surface area contributed by atoms with Crippen molar-refractivity contribution >= 4 is 23.3 Å². The van der Waals surface area contributed by atoms with Gasteiger partial charge in [0, 0.05) is 11.3 Å². The molecule has 0 aliphatic carbocycles. The fourth-order valence-corrected chi connectivity index (χ4v) is 2.22. The quantitative estimate of drug-likeness (QED) is 0.714. The predicted octanol–water partition coefficient (Wildman–Crippen LogP) is 3.09. The smallest absolute Gasteiger partial charge is 0.309 e. The Morgan fingerprint density at radius 2 is 2.11 bits per heavy atom. The summed E-state index contributed by atoms with van der Waals surface area (Å²) in [6.07, 6.45) is 0.646. The van der Waals surface area contributed by atoms with E-state index in [4.69, 9.17) is 9.47 Å². The van der Waals surface area contributed by atoms with Gasteiger partial charge in [-0.2, -0.15) is 0 Å². The van der Waals surface area contributed by atoms with Gasteiger partial charge in [-0.3, -0.25) is 9.59 Å². The average Bonchev–Trinajstić information content (AvgIpc) is 2.82. The van der Waals surface area contributed by atoms with Crippen LogP contribution in [-0.4, -0.2) is 18.5 Å². The number of hydrogen-bond acceptors (Lipinski definition) is 5. The second-order valence-corrected chi connectivity index (χ2v) is 4.73. The summed E-state index contributed by atoms with van der Waals surface area (Å²) in [6.45, 7) is 3.99. The van der Waals surface area contributed by atoms with Crippen LogP contribution in [0.15, 0.2) is 17.5 Å². The standard InChI is InChI=1S/C13H18O4S/c1-3-6-12(14)17-10(9-13(15)16-4-2)11-7-5-8-18-11/h5,7-8,10H,3-4,6,9H2,1-2H3/t10-/m1/s1. The molecule has 0 bridgehead atoms. The number of carbonyl (C=O) groups is 2. The normalized spacial score (nSPS) is 11.9. The van der Waals surface area contributed by atoms with Crippen LogP contribution in [0.2, 0.25) is 0 Å². The molecule has 18 heavy (non-hydrogen) atoms. The molecular weight excluding hydrogens is 252 g/mol. The summed E-state index contributed by atoms with van der Waals surface area (Å²) in [6, 6.07) is 3.72. The van der Waals surface area contributed by atoms with Gasteiger partial charge in [0.2, 0.25) is 0 Å². The first kappa shape index (κ1) is 14.7. The number of thiophene rings is 1. The van der Waals surface area contributed by atoms with Gasteiger partial charge in [0.25, 0.3) is 0 Å². The number of hydrogen-bond donors (Lipinski definition) is 0. The molecule has 0 fully saturated rings. The molecular formula is C13H18O4S. The summed E-state index contributed by atoms with van der Waals surface area (Å²) in [7, 11) is 0. The van der Waals surface area contributed by atoms with Crippen molar-refractivity contribution in [1.82, 2.24) is 0 Å². The molecule has 5 heteroatoms. The van der Waals surface area contributed by atoms with Gasteiger partial charge in [-0.15, -0.1) is 11.3 Å². The molecule has 1 atom stereocenters. The maximum absolute atomic E-state index is 11.5. The maximum atomic E-state index is 11.5. The first-order valence-corrected chi connectivity index (χ1v) is 6.93. The van der Waals surface area contributed by atoms with Crippen molar-refractivity contribution in [3.63, 3.8) is 0 Å². The van der Waals surface area contributed by atoms with E-state index in [0.717, 1.165) is 11.3 Å². The van der Waals surface area contributed by atoms with Crippen LogP contribution in [0.1, 0.15) is 44.1 Å². The maximum Gasteiger partial charge on any atom is 0.309 e. The molecule has 0 aliphatic heterocycles. The lowest BCUT2D eigenvalue weighted by molar-refractivity contribution is -0.155. The second-order valence-electron chi connectivity index (χ2n) is 3.75. The zero-order valence-corrected chi connectivity index (χ0v) is 11.5. The zero-order chi connectivity index (χ0) is 13.4. The molecule has 100 valence electrons. The van der Waals surface area contributed by atoms with Crippen molar-refractivity contribution in [3.05, 3.63) is 22.4 Å². The molecule has 0 unspecified atom stereocenters. The fourth-order valence-electron chi connectivity index (χ4n) is 1.47. The van der Waals surface area contributed by atoms with Gasteiger partial charge in [-0.25, -0.2) is 0 Å². The molecule has 0 spiro atoms. The molecule has 1 aromatic heterocycles. The van der Waals surface area contributed by atoms with Crippen LogP contribution in [0.4, 0.5) is 0 Å². The third kappa shape index (κ3) is 4.87. The lowest BCUT2D eigenvalue weighted by atomic mass is 10.2. The summed E-state index contributed by atoms with van der Waals surface area (Å²) in [5, 5.41) is 1.89. The van der Waals surface area contributed by atoms with E-state index in [1.807, 2.05) is 24.4 Å². The topological polar surface area (TPSA) is 52.6 Å². The molecule has 1 aromatic rings. The predicted molar refractivity (Wildman–Crippen MR) is 69.3 cm³/mol. The number of rotatable bonds is 7. The van der Waals surface area contributed by atoms with Gasteiger partial charge in [0.1, 0.15) is 6.10 Å². The first-order valence-electron chi connectivity index (χ1n) is 6.05. The summed E-state index contributed by atoms with van der Waals surface area (Å²) in [5.41, 5.74) is 0. The Balaban J connectivity index is 2.64. The van der Waals surface area contributed by atoms with Gasteiger partial charge < -0.3 is 9.47 Å². The van der Waals surface area contributed by atoms with Crippen LogP contribution in [0.25, 0.3) is 0 Å². The molecule has 0 amide bonds. The number of ether oxygens (including phenoxy) is 2. The Morgan fingerprint density at radius 1 is 1.33 bits per heavy atom. The third-order valence-corrected chi connectivity index (χ3v) is 3.21. The summed E-state index contributed by atoms with van der Waals surface area (Å²) >= 11 is 1.47. The Hall–Kier alpha value is -1.36. The van der Waals surface area contributed by atoms with Crippen molar-refractivity contribution in [3.8, 4) is 0 Å². The molecule has 1 rings (SSSR count). The van der Waals surface area contributed by atoms with E-state index < -0.39 is 6.10 Å². The Labute approximate surface area is 111 Å². The molecule has 0 aliphatic rings. The average molecular weight is 270 g/mol. The molecule has 0 aromatic carbocycles. The highest BCUT2D eigenvalue weighted by Gasteiger charge is 2.21. The minimum absolute atomic E-state index is 0.0732. The molecule has 0 saturated heterocycles. The van der Waals surface area contributed by atoms with E-state index in [0.29, 0.717) is 13.0 Å². The summed E-state index contributed by atoms with van der Waals surface area (Å²) < 4.78 is 10.2. The summed E-state index contributed by atoms with van der Waals surface area (Å²) in [4.78, 5) is 23.9. The fraction of sp³-hybridized carbons (Fsp3) is 0.538. The second kappa shape index (κ2) is 7.87. The van der Waals surface area contributed by atoms with E-state index in [1.165, 1.54) is 11.3 Å². The van der Waals surface area contributed by atoms with E-state index in [2.05, 4.69) is 0 Å². The highest BCUT2D eigenvalue weighted by molar-refractivity contribution is 7.10. The van der Waals surface area contributed by atoms with Crippen LogP contribution in [0.5, 0.6) is 0 Å². The van der Waals surface area contributed by atoms with Crippen molar-refractivity contribution in [2.75, 3.05) is 6.61 Å². The lowest BCUT2D eigenvalue weighted by Crippen LogP contribution is -2.15. The SMILES string of the molecule is CCCC(=O)O[C@H](CC(=O)OCC)c1cccs1.